The summed E-state index contributed by atoms with van der Waals surface area (Å²) in [4.78, 5) is 22.7. The number of ether oxygens (including phenoxy) is 1. The van der Waals surface area contributed by atoms with Crippen molar-refractivity contribution in [2.45, 2.75) is 26.1 Å². The van der Waals surface area contributed by atoms with Gasteiger partial charge in [0.05, 0.1) is 12.1 Å². The van der Waals surface area contributed by atoms with Crippen molar-refractivity contribution >= 4 is 11.8 Å². The lowest BCUT2D eigenvalue weighted by molar-refractivity contribution is -0.137. The van der Waals surface area contributed by atoms with Crippen LogP contribution in [0.15, 0.2) is 24.3 Å². The van der Waals surface area contributed by atoms with Crippen LogP contribution in [0.4, 0.5) is 13.2 Å². The van der Waals surface area contributed by atoms with Crippen molar-refractivity contribution < 1.29 is 27.5 Å². The predicted molar refractivity (Wildman–Crippen MR) is 73.2 cm³/mol. The van der Waals surface area contributed by atoms with Crippen molar-refractivity contribution in [3.63, 3.8) is 0 Å². The zero-order valence-corrected chi connectivity index (χ0v) is 12.2. The van der Waals surface area contributed by atoms with Gasteiger partial charge in [0, 0.05) is 6.04 Å². The van der Waals surface area contributed by atoms with E-state index < -0.39 is 17.6 Å². The molecule has 0 fully saturated rings. The van der Waals surface area contributed by atoms with Gasteiger partial charge in [-0.25, -0.2) is 0 Å². The van der Waals surface area contributed by atoms with Gasteiger partial charge in [0.25, 0.3) is 5.91 Å². The molecular weight excluding hydrogens is 301 g/mol. The lowest BCUT2D eigenvalue weighted by atomic mass is 10.2. The summed E-state index contributed by atoms with van der Waals surface area (Å²) in [5.74, 6) is -0.744. The summed E-state index contributed by atoms with van der Waals surface area (Å²) in [6.07, 6.45) is -4.42. The molecule has 2 amide bonds. The van der Waals surface area contributed by atoms with Crippen LogP contribution in [0.1, 0.15) is 19.4 Å². The van der Waals surface area contributed by atoms with E-state index in [9.17, 15) is 22.8 Å². The maximum absolute atomic E-state index is 12.4. The van der Waals surface area contributed by atoms with Gasteiger partial charge in [0.15, 0.2) is 6.61 Å². The van der Waals surface area contributed by atoms with E-state index in [4.69, 9.17) is 4.74 Å². The first kappa shape index (κ1) is 17.8. The Kier molecular flexibility index (Phi) is 6.21. The second-order valence-electron chi connectivity index (χ2n) is 4.81. The molecule has 5 nitrogen and oxygen atoms in total. The normalized spacial score (nSPS) is 11.2. The SMILES string of the molecule is CC(C)NC(=O)CNC(=O)COc1ccc(C(F)(F)F)cc1. The second-order valence-corrected chi connectivity index (χ2v) is 4.81. The lowest BCUT2D eigenvalue weighted by Crippen LogP contribution is -2.41. The first-order valence-electron chi connectivity index (χ1n) is 6.54. The van der Waals surface area contributed by atoms with Crippen molar-refractivity contribution in [3.8, 4) is 5.75 Å². The molecule has 8 heteroatoms. The van der Waals surface area contributed by atoms with Crippen molar-refractivity contribution in [1.82, 2.24) is 10.6 Å². The van der Waals surface area contributed by atoms with Crippen LogP contribution in [-0.4, -0.2) is 31.0 Å². The minimum absolute atomic E-state index is 0.0344. The molecule has 1 aromatic carbocycles. The number of hydrogen-bond donors (Lipinski definition) is 2. The highest BCUT2D eigenvalue weighted by molar-refractivity contribution is 5.85. The molecule has 0 unspecified atom stereocenters. The Balaban J connectivity index is 2.37. The largest absolute Gasteiger partial charge is 0.484 e. The van der Waals surface area contributed by atoms with E-state index in [0.29, 0.717) is 0 Å². The van der Waals surface area contributed by atoms with Crippen LogP contribution < -0.4 is 15.4 Å². The molecule has 0 saturated carbocycles. The molecule has 0 atom stereocenters. The van der Waals surface area contributed by atoms with Crippen molar-refractivity contribution in [2.24, 2.45) is 0 Å². The van der Waals surface area contributed by atoms with Crippen LogP contribution in [0.25, 0.3) is 0 Å². The molecule has 0 saturated heterocycles. The third-order valence-corrected chi connectivity index (χ3v) is 2.45. The van der Waals surface area contributed by atoms with Crippen LogP contribution >= 0.6 is 0 Å². The number of amides is 2. The fourth-order valence-electron chi connectivity index (χ4n) is 1.49. The quantitative estimate of drug-likeness (QED) is 0.839. The maximum Gasteiger partial charge on any atom is 0.416 e. The van der Waals surface area contributed by atoms with E-state index >= 15 is 0 Å². The Morgan fingerprint density at radius 1 is 1.14 bits per heavy atom. The molecule has 0 radical (unpaired) electrons. The number of nitrogens with one attached hydrogen (secondary N) is 2. The molecule has 1 aromatic rings. The Morgan fingerprint density at radius 3 is 2.23 bits per heavy atom. The van der Waals surface area contributed by atoms with E-state index in [-0.39, 0.29) is 30.9 Å². The Morgan fingerprint density at radius 2 is 1.73 bits per heavy atom. The molecule has 122 valence electrons. The van der Waals surface area contributed by atoms with Crippen molar-refractivity contribution in [2.75, 3.05) is 13.2 Å². The third-order valence-electron chi connectivity index (χ3n) is 2.45. The van der Waals surface area contributed by atoms with Gasteiger partial charge in [0.1, 0.15) is 5.75 Å². The minimum atomic E-state index is -4.42. The van der Waals surface area contributed by atoms with E-state index in [2.05, 4.69) is 10.6 Å². The lowest BCUT2D eigenvalue weighted by Gasteiger charge is -2.10. The number of benzene rings is 1. The number of hydrogen-bond acceptors (Lipinski definition) is 3. The average molecular weight is 318 g/mol. The first-order chi connectivity index (χ1) is 10.2. The number of alkyl halides is 3. The summed E-state index contributed by atoms with van der Waals surface area (Å²) < 4.78 is 42.1. The van der Waals surface area contributed by atoms with Crippen LogP contribution in [0.2, 0.25) is 0 Å². The molecule has 0 bridgehead atoms. The third kappa shape index (κ3) is 6.47. The van der Waals surface area contributed by atoms with E-state index in [1.165, 1.54) is 0 Å². The number of carbonyl (C=O) groups is 2. The summed E-state index contributed by atoms with van der Waals surface area (Å²) in [5, 5.41) is 4.93. The van der Waals surface area contributed by atoms with Gasteiger partial charge in [0.2, 0.25) is 5.91 Å². The number of carbonyl (C=O) groups excluding carboxylic acids is 2. The fraction of sp³-hybridized carbons (Fsp3) is 0.429. The van der Waals surface area contributed by atoms with Crippen LogP contribution in [0.5, 0.6) is 5.75 Å². The molecule has 1 rings (SSSR count). The first-order valence-corrected chi connectivity index (χ1v) is 6.54. The number of halogens is 3. The fourth-order valence-corrected chi connectivity index (χ4v) is 1.49. The van der Waals surface area contributed by atoms with Crippen molar-refractivity contribution in [3.05, 3.63) is 29.8 Å². The highest BCUT2D eigenvalue weighted by Gasteiger charge is 2.30. The molecule has 0 spiro atoms. The van der Waals surface area contributed by atoms with E-state index in [1.807, 2.05) is 0 Å². The van der Waals surface area contributed by atoms with E-state index in [1.54, 1.807) is 13.8 Å². The van der Waals surface area contributed by atoms with Gasteiger partial charge >= 0.3 is 6.18 Å². The van der Waals surface area contributed by atoms with Gasteiger partial charge in [-0.3, -0.25) is 9.59 Å². The summed E-state index contributed by atoms with van der Waals surface area (Å²) in [7, 11) is 0. The van der Waals surface area contributed by atoms with E-state index in [0.717, 1.165) is 24.3 Å². The summed E-state index contributed by atoms with van der Waals surface area (Å²) >= 11 is 0. The molecule has 0 aliphatic rings. The van der Waals surface area contributed by atoms with Gasteiger partial charge in [-0.1, -0.05) is 0 Å². The highest BCUT2D eigenvalue weighted by atomic mass is 19.4. The molecule has 0 aliphatic carbocycles. The zero-order chi connectivity index (χ0) is 16.8. The monoisotopic (exact) mass is 318 g/mol. The second kappa shape index (κ2) is 7.67. The topological polar surface area (TPSA) is 67.4 Å². The highest BCUT2D eigenvalue weighted by Crippen LogP contribution is 2.30. The molecule has 0 aliphatic heterocycles. The summed E-state index contributed by atoms with van der Waals surface area (Å²) in [6.45, 7) is 2.99. The summed E-state index contributed by atoms with van der Waals surface area (Å²) in [6, 6.07) is 3.95. The predicted octanol–water partition coefficient (Wildman–Crippen LogP) is 1.73. The molecule has 2 N–H and O–H groups in total. The summed E-state index contributed by atoms with van der Waals surface area (Å²) in [5.41, 5.74) is -0.797. The number of rotatable bonds is 6. The molecule has 0 heterocycles. The average Bonchev–Trinajstić information content (AvgIpc) is 2.41. The molecule has 22 heavy (non-hydrogen) atoms. The van der Waals surface area contributed by atoms with Crippen LogP contribution in [0.3, 0.4) is 0 Å². The van der Waals surface area contributed by atoms with Gasteiger partial charge in [-0.2, -0.15) is 13.2 Å². The van der Waals surface area contributed by atoms with Crippen LogP contribution in [-0.2, 0) is 15.8 Å². The molecular formula is C14H17F3N2O3. The van der Waals surface area contributed by atoms with Gasteiger partial charge < -0.3 is 15.4 Å². The van der Waals surface area contributed by atoms with Crippen LogP contribution in [0, 0.1) is 0 Å². The maximum atomic E-state index is 12.4. The minimum Gasteiger partial charge on any atom is -0.484 e. The standard InChI is InChI=1S/C14H17F3N2O3/c1-9(2)19-12(20)7-18-13(21)8-22-11-5-3-10(4-6-11)14(15,16)17/h3-6,9H,7-8H2,1-2H3,(H,18,21)(H,19,20). The zero-order valence-electron chi connectivity index (χ0n) is 12.2. The molecule has 0 aromatic heterocycles. The smallest absolute Gasteiger partial charge is 0.416 e. The Bertz CT molecular complexity index is 513. The Labute approximate surface area is 125 Å². The van der Waals surface area contributed by atoms with Gasteiger partial charge in [-0.05, 0) is 38.1 Å². The Hall–Kier alpha value is -2.25. The van der Waals surface area contributed by atoms with Crippen molar-refractivity contribution in [1.29, 1.82) is 0 Å². The van der Waals surface area contributed by atoms with Gasteiger partial charge in [-0.15, -0.1) is 0 Å².